The Morgan fingerprint density at radius 2 is 1.65 bits per heavy atom. The van der Waals surface area contributed by atoms with Crippen LogP contribution >= 0.6 is 11.3 Å². The third-order valence-corrected chi connectivity index (χ3v) is 12.1. The zero-order valence-electron chi connectivity index (χ0n) is 22.5. The Balaban J connectivity index is 2.17. The molecule has 0 aliphatic heterocycles. The van der Waals surface area contributed by atoms with Crippen molar-refractivity contribution in [1.82, 2.24) is 4.98 Å². The third-order valence-electron chi connectivity index (χ3n) is 6.24. The molecule has 1 aromatic heterocycles. The lowest BCUT2D eigenvalue weighted by atomic mass is 10.1. The van der Waals surface area contributed by atoms with Crippen LogP contribution in [0.1, 0.15) is 51.7 Å². The zero-order chi connectivity index (χ0) is 27.1. The van der Waals surface area contributed by atoms with Crippen LogP contribution in [0.5, 0.6) is 0 Å². The van der Waals surface area contributed by atoms with Gasteiger partial charge in [0.25, 0.3) is 8.32 Å². The van der Waals surface area contributed by atoms with Gasteiger partial charge < -0.3 is 9.16 Å². The molecule has 0 aliphatic rings. The molecular formula is C30H36FNO3SSi. The molecule has 7 heteroatoms. The highest BCUT2D eigenvalue weighted by Crippen LogP contribution is 2.39. The molecule has 0 saturated heterocycles. The van der Waals surface area contributed by atoms with E-state index in [1.165, 1.54) is 6.08 Å². The van der Waals surface area contributed by atoms with Crippen LogP contribution in [0.15, 0.2) is 83.5 Å². The van der Waals surface area contributed by atoms with Crippen LogP contribution in [0.3, 0.4) is 0 Å². The number of rotatable bonds is 10. The maximum absolute atomic E-state index is 14.7. The van der Waals surface area contributed by atoms with Gasteiger partial charge in [0.15, 0.2) is 0 Å². The highest BCUT2D eigenvalue weighted by molar-refractivity contribution is 7.09. The van der Waals surface area contributed by atoms with Gasteiger partial charge in [-0.1, -0.05) is 81.4 Å². The average Bonchev–Trinajstić information content (AvgIpc) is 3.28. The Morgan fingerprint density at radius 1 is 1.08 bits per heavy atom. The molecule has 0 radical (unpaired) electrons. The first kappa shape index (κ1) is 28.7. The van der Waals surface area contributed by atoms with Gasteiger partial charge in [-0.15, -0.1) is 11.3 Å². The second-order valence-corrected chi connectivity index (χ2v) is 15.3. The molecule has 1 atom stereocenters. The van der Waals surface area contributed by atoms with E-state index in [1.807, 2.05) is 61.7 Å². The number of hydrogen-bond acceptors (Lipinski definition) is 5. The van der Waals surface area contributed by atoms with Crippen LogP contribution in [-0.4, -0.2) is 32.0 Å². The molecule has 0 saturated carbocycles. The molecule has 0 bridgehead atoms. The van der Waals surface area contributed by atoms with Crippen LogP contribution in [0, 0.1) is 6.92 Å². The van der Waals surface area contributed by atoms with E-state index >= 15 is 0 Å². The molecule has 37 heavy (non-hydrogen) atoms. The summed E-state index contributed by atoms with van der Waals surface area (Å²) in [6.45, 7) is 12.3. The molecule has 0 N–H and O–H groups in total. The second-order valence-electron chi connectivity index (χ2n) is 9.96. The summed E-state index contributed by atoms with van der Waals surface area (Å²) >= 11 is 1.58. The summed E-state index contributed by atoms with van der Waals surface area (Å²) in [6, 6.07) is 20.6. The Bertz CT molecular complexity index is 1190. The highest BCUT2D eigenvalue weighted by Gasteiger charge is 2.51. The number of thiazole rings is 1. The van der Waals surface area contributed by atoms with Crippen LogP contribution in [0.4, 0.5) is 4.39 Å². The van der Waals surface area contributed by atoms with Gasteiger partial charge in [-0.05, 0) is 60.3 Å². The van der Waals surface area contributed by atoms with E-state index in [9.17, 15) is 9.18 Å². The number of aryl methyl sites for hydroxylation is 1. The van der Waals surface area contributed by atoms with Gasteiger partial charge in [-0.2, -0.15) is 4.39 Å². The molecule has 4 nitrogen and oxygen atoms in total. The van der Waals surface area contributed by atoms with Gasteiger partial charge in [0.2, 0.25) is 5.83 Å². The summed E-state index contributed by atoms with van der Waals surface area (Å²) in [5.74, 6) is -1.86. The monoisotopic (exact) mass is 537 g/mol. The summed E-state index contributed by atoms with van der Waals surface area (Å²) in [4.78, 5) is 16.6. The lowest BCUT2D eigenvalue weighted by Crippen LogP contribution is -2.67. The van der Waals surface area contributed by atoms with Gasteiger partial charge >= 0.3 is 5.97 Å². The molecule has 1 heterocycles. The first-order chi connectivity index (χ1) is 17.6. The summed E-state index contributed by atoms with van der Waals surface area (Å²) in [5, 5.41) is 4.97. The molecule has 196 valence electrons. The third kappa shape index (κ3) is 6.92. The number of aromatic nitrogens is 1. The summed E-state index contributed by atoms with van der Waals surface area (Å²) in [5.41, 5.74) is 1.75. The molecule has 0 amide bonds. The number of carbonyl (C=O) groups excluding carboxylic acids is 1. The zero-order valence-corrected chi connectivity index (χ0v) is 24.3. The van der Waals surface area contributed by atoms with Gasteiger partial charge in [-0.3, -0.25) is 0 Å². The first-order valence-electron chi connectivity index (χ1n) is 12.5. The average molecular weight is 538 g/mol. The van der Waals surface area contributed by atoms with Crippen molar-refractivity contribution in [2.45, 2.75) is 59.1 Å². The number of esters is 1. The predicted molar refractivity (Wildman–Crippen MR) is 153 cm³/mol. The molecule has 3 rings (SSSR count). The summed E-state index contributed by atoms with van der Waals surface area (Å²) < 4.78 is 26.8. The van der Waals surface area contributed by atoms with Crippen molar-refractivity contribution in [2.24, 2.45) is 0 Å². The Morgan fingerprint density at radius 3 is 2.11 bits per heavy atom. The van der Waals surface area contributed by atoms with E-state index in [2.05, 4.69) is 50.0 Å². The fourth-order valence-electron chi connectivity index (χ4n) is 4.50. The van der Waals surface area contributed by atoms with Crippen molar-refractivity contribution >= 4 is 42.1 Å². The van der Waals surface area contributed by atoms with Crippen molar-refractivity contribution in [2.75, 3.05) is 6.61 Å². The maximum atomic E-state index is 14.7. The normalized spacial score (nSPS) is 13.9. The number of nitrogens with zero attached hydrogens (tertiary/aromatic N) is 1. The molecule has 0 spiro atoms. The lowest BCUT2D eigenvalue weighted by Gasteiger charge is -2.45. The maximum Gasteiger partial charge on any atom is 0.366 e. The standard InChI is InChI=1S/C30H36FNO3SSi/c1-7-34-29(33)27(31)18-19-28(22(2)20-24-21-36-23(3)32-24)35-37(30(4,5)6,25-14-10-8-11-15-25)26-16-12-9-13-17-26/h8-18,20-21,28H,7,19H2,1-6H3. The van der Waals surface area contributed by atoms with Crippen molar-refractivity contribution < 1.29 is 18.3 Å². The number of ether oxygens (including phenoxy) is 1. The Labute approximate surface area is 225 Å². The van der Waals surface area contributed by atoms with Gasteiger partial charge in [0.1, 0.15) is 0 Å². The SMILES string of the molecule is CCOC(=O)C(F)=CCC(O[Si](c1ccccc1)(c1ccccc1)C(C)(C)C)C(C)=Cc1csc(C)n1. The van der Waals surface area contributed by atoms with Crippen LogP contribution in [0.25, 0.3) is 6.08 Å². The molecular weight excluding hydrogens is 501 g/mol. The minimum Gasteiger partial charge on any atom is -0.461 e. The van der Waals surface area contributed by atoms with Crippen LogP contribution < -0.4 is 10.4 Å². The van der Waals surface area contributed by atoms with Gasteiger partial charge in [-0.25, -0.2) is 9.78 Å². The van der Waals surface area contributed by atoms with E-state index in [0.29, 0.717) is 0 Å². The van der Waals surface area contributed by atoms with E-state index in [4.69, 9.17) is 9.16 Å². The topological polar surface area (TPSA) is 48.4 Å². The molecule has 0 aliphatic carbocycles. The molecule has 1 unspecified atom stereocenters. The summed E-state index contributed by atoms with van der Waals surface area (Å²) in [6.07, 6.45) is 2.96. The van der Waals surface area contributed by atoms with E-state index in [0.717, 1.165) is 26.6 Å². The van der Waals surface area contributed by atoms with Crippen LogP contribution in [0.2, 0.25) is 5.04 Å². The largest absolute Gasteiger partial charge is 0.461 e. The lowest BCUT2D eigenvalue weighted by molar-refractivity contribution is -0.140. The quantitative estimate of drug-likeness (QED) is 0.166. The van der Waals surface area contributed by atoms with Crippen LogP contribution in [-0.2, 0) is 14.0 Å². The Kier molecular flexibility index (Phi) is 9.76. The number of carbonyl (C=O) groups is 1. The van der Waals surface area contributed by atoms with Gasteiger partial charge in [0.05, 0.1) is 23.4 Å². The first-order valence-corrected chi connectivity index (χ1v) is 15.3. The smallest absolute Gasteiger partial charge is 0.366 e. The Hall–Kier alpha value is -2.87. The number of benzene rings is 2. The molecule has 0 fully saturated rings. The molecule has 2 aromatic carbocycles. The molecule has 3 aromatic rings. The number of hydrogen-bond donors (Lipinski definition) is 0. The fourth-order valence-corrected chi connectivity index (χ4v) is 9.79. The minimum absolute atomic E-state index is 0.115. The van der Waals surface area contributed by atoms with Crippen molar-refractivity contribution in [3.05, 3.63) is 94.2 Å². The minimum atomic E-state index is -2.93. The number of halogens is 1. The summed E-state index contributed by atoms with van der Waals surface area (Å²) in [7, 11) is -2.93. The van der Waals surface area contributed by atoms with E-state index < -0.39 is 26.2 Å². The highest BCUT2D eigenvalue weighted by atomic mass is 32.1. The second kappa shape index (κ2) is 12.6. The van der Waals surface area contributed by atoms with E-state index in [-0.39, 0.29) is 18.1 Å². The fraction of sp³-hybridized carbons (Fsp3) is 0.333. The van der Waals surface area contributed by atoms with E-state index in [1.54, 1.807) is 18.3 Å². The van der Waals surface area contributed by atoms with Crippen molar-refractivity contribution in [3.63, 3.8) is 0 Å². The predicted octanol–water partition coefficient (Wildman–Crippen LogP) is 6.61. The van der Waals surface area contributed by atoms with Crippen molar-refractivity contribution in [3.8, 4) is 0 Å². The van der Waals surface area contributed by atoms with Crippen molar-refractivity contribution in [1.29, 1.82) is 0 Å². The van der Waals surface area contributed by atoms with Gasteiger partial charge in [0, 0.05) is 5.38 Å².